The molecule has 0 amide bonds. The molecule has 3 nitrogen and oxygen atoms in total. The molecule has 0 bridgehead atoms. The van der Waals surface area contributed by atoms with Gasteiger partial charge in [-0.25, -0.2) is 0 Å². The molecule has 0 saturated heterocycles. The molecule has 0 N–H and O–H groups in total. The number of carbonyl (C=O) groups is 1. The first-order valence-electron chi connectivity index (χ1n) is 9.98. The Morgan fingerprint density at radius 2 is 1.52 bits per heavy atom. The van der Waals surface area contributed by atoms with Crippen LogP contribution in [0.1, 0.15) is 53.9 Å². The van der Waals surface area contributed by atoms with E-state index in [2.05, 4.69) is 50.2 Å². The summed E-state index contributed by atoms with van der Waals surface area (Å²) in [6.07, 6.45) is 4.55. The summed E-state index contributed by atoms with van der Waals surface area (Å²) >= 11 is 0. The van der Waals surface area contributed by atoms with Crippen LogP contribution in [0.15, 0.2) is 48.5 Å². The van der Waals surface area contributed by atoms with Gasteiger partial charge in [-0.2, -0.15) is 0 Å². The second-order valence-electron chi connectivity index (χ2n) is 8.11. The Morgan fingerprint density at radius 3 is 2.11 bits per heavy atom. The number of rotatable bonds is 6. The van der Waals surface area contributed by atoms with E-state index in [4.69, 9.17) is 4.74 Å². The standard InChI is InChI=1S/C24H31NO2/c1-18-4-6-19(7-5-18)16-24(26)27-23-14-12-22(13-15-23)21-10-8-20(9-11-21)17-25(2)3/h4-11,22-23H,12-17H2,1-3H3/t22-,23-. The number of hydrogen-bond donors (Lipinski definition) is 0. The van der Waals surface area contributed by atoms with E-state index in [0.29, 0.717) is 12.3 Å². The maximum Gasteiger partial charge on any atom is 0.310 e. The molecule has 2 aromatic rings. The minimum Gasteiger partial charge on any atom is -0.462 e. The van der Waals surface area contributed by atoms with Crippen LogP contribution in [0, 0.1) is 6.92 Å². The summed E-state index contributed by atoms with van der Waals surface area (Å²) < 4.78 is 5.73. The number of carbonyl (C=O) groups excluding carboxylic acids is 1. The Balaban J connectivity index is 1.45. The lowest BCUT2D eigenvalue weighted by molar-refractivity contribution is -0.149. The smallest absolute Gasteiger partial charge is 0.310 e. The molecule has 1 aliphatic carbocycles. The Bertz CT molecular complexity index is 726. The van der Waals surface area contributed by atoms with Crippen LogP contribution in [0.2, 0.25) is 0 Å². The van der Waals surface area contributed by atoms with E-state index in [1.54, 1.807) is 0 Å². The molecule has 1 aliphatic rings. The molecule has 0 unspecified atom stereocenters. The topological polar surface area (TPSA) is 29.5 Å². The van der Waals surface area contributed by atoms with Crippen molar-refractivity contribution in [2.24, 2.45) is 0 Å². The molecule has 3 rings (SSSR count). The molecule has 0 aliphatic heterocycles. The molecule has 3 heteroatoms. The summed E-state index contributed by atoms with van der Waals surface area (Å²) in [5.74, 6) is 0.487. The minimum atomic E-state index is -0.102. The minimum absolute atomic E-state index is 0.0761. The van der Waals surface area contributed by atoms with Gasteiger partial charge in [-0.1, -0.05) is 54.1 Å². The predicted molar refractivity (Wildman–Crippen MR) is 110 cm³/mol. The molecule has 0 spiro atoms. The van der Waals surface area contributed by atoms with Crippen molar-refractivity contribution >= 4 is 5.97 Å². The van der Waals surface area contributed by atoms with Gasteiger partial charge < -0.3 is 9.64 Å². The number of ether oxygens (including phenoxy) is 1. The van der Waals surface area contributed by atoms with Crippen LogP contribution >= 0.6 is 0 Å². The summed E-state index contributed by atoms with van der Waals surface area (Å²) in [5.41, 5.74) is 5.00. The fourth-order valence-corrected chi connectivity index (χ4v) is 3.87. The fraction of sp³-hybridized carbons (Fsp3) is 0.458. The van der Waals surface area contributed by atoms with E-state index in [-0.39, 0.29) is 12.1 Å². The van der Waals surface area contributed by atoms with Gasteiger partial charge in [0, 0.05) is 6.54 Å². The van der Waals surface area contributed by atoms with Crippen LogP contribution in [-0.2, 0) is 22.5 Å². The van der Waals surface area contributed by atoms with Crippen LogP contribution in [0.4, 0.5) is 0 Å². The molecule has 1 saturated carbocycles. The molecular weight excluding hydrogens is 334 g/mol. The lowest BCUT2D eigenvalue weighted by Crippen LogP contribution is -2.24. The summed E-state index contributed by atoms with van der Waals surface area (Å²) in [6, 6.07) is 17.1. The van der Waals surface area contributed by atoms with Gasteiger partial charge in [-0.05, 0) is 69.3 Å². The highest BCUT2D eigenvalue weighted by molar-refractivity contribution is 5.72. The third-order valence-electron chi connectivity index (χ3n) is 5.39. The quantitative estimate of drug-likeness (QED) is 0.684. The van der Waals surface area contributed by atoms with Gasteiger partial charge in [0.1, 0.15) is 6.10 Å². The predicted octanol–water partition coefficient (Wildman–Crippen LogP) is 4.87. The van der Waals surface area contributed by atoms with Gasteiger partial charge in [0.25, 0.3) is 0 Å². The molecule has 0 radical (unpaired) electrons. The third kappa shape index (κ3) is 5.93. The number of aryl methyl sites for hydroxylation is 1. The van der Waals surface area contributed by atoms with Gasteiger partial charge in [0.2, 0.25) is 0 Å². The first-order chi connectivity index (χ1) is 13.0. The van der Waals surface area contributed by atoms with Crippen molar-refractivity contribution < 1.29 is 9.53 Å². The Hall–Kier alpha value is -2.13. The first-order valence-corrected chi connectivity index (χ1v) is 9.98. The summed E-state index contributed by atoms with van der Waals surface area (Å²) in [5, 5.41) is 0. The van der Waals surface area contributed by atoms with Crippen molar-refractivity contribution in [3.05, 3.63) is 70.8 Å². The summed E-state index contributed by atoms with van der Waals surface area (Å²) in [6.45, 7) is 3.03. The summed E-state index contributed by atoms with van der Waals surface area (Å²) in [7, 11) is 4.19. The lowest BCUT2D eigenvalue weighted by atomic mass is 9.82. The number of hydrogen-bond acceptors (Lipinski definition) is 3. The number of nitrogens with zero attached hydrogens (tertiary/aromatic N) is 1. The molecule has 1 fully saturated rings. The highest BCUT2D eigenvalue weighted by atomic mass is 16.5. The van der Waals surface area contributed by atoms with E-state index in [0.717, 1.165) is 37.8 Å². The monoisotopic (exact) mass is 365 g/mol. The van der Waals surface area contributed by atoms with E-state index in [1.165, 1.54) is 16.7 Å². The molecule has 2 aromatic carbocycles. The van der Waals surface area contributed by atoms with Gasteiger partial charge in [-0.15, -0.1) is 0 Å². The second kappa shape index (κ2) is 9.18. The molecular formula is C24H31NO2. The SMILES string of the molecule is Cc1ccc(CC(=O)O[C@H]2CC[C@H](c3ccc(CN(C)C)cc3)CC2)cc1. The van der Waals surface area contributed by atoms with Gasteiger partial charge in [-0.3, -0.25) is 4.79 Å². The van der Waals surface area contributed by atoms with E-state index in [1.807, 2.05) is 24.3 Å². The Kier molecular flexibility index (Phi) is 6.68. The average Bonchev–Trinajstić information content (AvgIpc) is 2.64. The molecule has 27 heavy (non-hydrogen) atoms. The van der Waals surface area contributed by atoms with Gasteiger partial charge >= 0.3 is 5.97 Å². The molecule has 0 heterocycles. The van der Waals surface area contributed by atoms with Crippen molar-refractivity contribution in [1.82, 2.24) is 4.90 Å². The van der Waals surface area contributed by atoms with Crippen LogP contribution in [0.25, 0.3) is 0 Å². The first kappa shape index (κ1) is 19.6. The molecule has 144 valence electrons. The Labute approximate surface area is 163 Å². The van der Waals surface area contributed by atoms with Gasteiger partial charge in [0.15, 0.2) is 0 Å². The van der Waals surface area contributed by atoms with Crippen molar-refractivity contribution in [2.45, 2.75) is 57.6 Å². The van der Waals surface area contributed by atoms with Crippen LogP contribution in [0.5, 0.6) is 0 Å². The van der Waals surface area contributed by atoms with E-state index >= 15 is 0 Å². The number of benzene rings is 2. The third-order valence-corrected chi connectivity index (χ3v) is 5.39. The zero-order valence-electron chi connectivity index (χ0n) is 16.8. The van der Waals surface area contributed by atoms with Crippen molar-refractivity contribution in [3.63, 3.8) is 0 Å². The molecule has 0 aromatic heterocycles. The van der Waals surface area contributed by atoms with Crippen LogP contribution in [0.3, 0.4) is 0 Å². The zero-order chi connectivity index (χ0) is 19.2. The normalized spacial score (nSPS) is 19.9. The van der Waals surface area contributed by atoms with E-state index in [9.17, 15) is 4.79 Å². The lowest BCUT2D eigenvalue weighted by Gasteiger charge is -2.28. The average molecular weight is 366 g/mol. The number of esters is 1. The fourth-order valence-electron chi connectivity index (χ4n) is 3.87. The maximum absolute atomic E-state index is 12.2. The van der Waals surface area contributed by atoms with Crippen molar-refractivity contribution in [2.75, 3.05) is 14.1 Å². The van der Waals surface area contributed by atoms with Gasteiger partial charge in [0.05, 0.1) is 6.42 Å². The maximum atomic E-state index is 12.2. The second-order valence-corrected chi connectivity index (χ2v) is 8.11. The zero-order valence-corrected chi connectivity index (χ0v) is 16.8. The molecule has 0 atom stereocenters. The largest absolute Gasteiger partial charge is 0.462 e. The van der Waals surface area contributed by atoms with E-state index < -0.39 is 0 Å². The van der Waals surface area contributed by atoms with Crippen molar-refractivity contribution in [1.29, 1.82) is 0 Å². The van der Waals surface area contributed by atoms with Crippen LogP contribution in [-0.4, -0.2) is 31.1 Å². The summed E-state index contributed by atoms with van der Waals surface area (Å²) in [4.78, 5) is 14.4. The highest BCUT2D eigenvalue weighted by Crippen LogP contribution is 2.34. The Morgan fingerprint density at radius 1 is 0.926 bits per heavy atom. The van der Waals surface area contributed by atoms with Crippen molar-refractivity contribution in [3.8, 4) is 0 Å². The highest BCUT2D eigenvalue weighted by Gasteiger charge is 2.25. The van der Waals surface area contributed by atoms with Crippen LogP contribution < -0.4 is 0 Å².